The fraction of sp³-hybridized carbons (Fsp3) is 0.400. The van der Waals surface area contributed by atoms with E-state index in [0.717, 1.165) is 5.69 Å². The van der Waals surface area contributed by atoms with Crippen molar-refractivity contribution in [3.8, 4) is 0 Å². The molecular formula is C15H16N2O2. The third kappa shape index (κ3) is 1.87. The van der Waals surface area contributed by atoms with Gasteiger partial charge >= 0.3 is 0 Å². The Morgan fingerprint density at radius 2 is 1.89 bits per heavy atom. The van der Waals surface area contributed by atoms with Crippen molar-refractivity contribution in [2.45, 2.75) is 26.7 Å². The maximum Gasteiger partial charge on any atom is 0.239 e. The largest absolute Gasteiger partial charge is 0.274 e. The first kappa shape index (κ1) is 12.1. The number of carbonyl (C=O) groups is 2. The number of fused-ring (bicyclic) bond motifs is 1. The highest BCUT2D eigenvalue weighted by Crippen LogP contribution is 2.39. The highest BCUT2D eigenvalue weighted by molar-refractivity contribution is 6.21. The molecule has 1 aliphatic carbocycles. The molecule has 0 radical (unpaired) electrons. The number of anilines is 1. The Balaban J connectivity index is 1.97. The van der Waals surface area contributed by atoms with E-state index in [4.69, 9.17) is 0 Å². The first-order valence-corrected chi connectivity index (χ1v) is 6.55. The Bertz CT molecular complexity index is 592. The summed E-state index contributed by atoms with van der Waals surface area (Å²) < 4.78 is 0. The fourth-order valence-electron chi connectivity index (χ4n) is 2.92. The Kier molecular flexibility index (Phi) is 2.73. The molecule has 0 aromatic carbocycles. The summed E-state index contributed by atoms with van der Waals surface area (Å²) in [6.07, 6.45) is 3.43. The van der Waals surface area contributed by atoms with Crippen molar-refractivity contribution in [1.29, 1.82) is 0 Å². The molecule has 0 unspecified atom stereocenters. The zero-order chi connectivity index (χ0) is 13.6. The summed E-state index contributed by atoms with van der Waals surface area (Å²) in [5.74, 6) is -0.127. The summed E-state index contributed by atoms with van der Waals surface area (Å²) in [6, 6.07) is 5.40. The van der Waals surface area contributed by atoms with Gasteiger partial charge < -0.3 is 0 Å². The van der Waals surface area contributed by atoms with Crippen molar-refractivity contribution < 1.29 is 9.59 Å². The highest BCUT2D eigenvalue weighted by Gasteiger charge is 2.49. The van der Waals surface area contributed by atoms with Crippen LogP contribution in [0.3, 0.4) is 0 Å². The maximum atomic E-state index is 12.4. The lowest BCUT2D eigenvalue weighted by Gasteiger charge is -2.18. The van der Waals surface area contributed by atoms with Gasteiger partial charge in [-0.2, -0.15) is 0 Å². The van der Waals surface area contributed by atoms with E-state index in [2.05, 4.69) is 11.1 Å². The Hall–Kier alpha value is -1.97. The minimum atomic E-state index is -0.196. The van der Waals surface area contributed by atoms with Crippen LogP contribution in [0.1, 0.15) is 25.5 Å². The topological polar surface area (TPSA) is 50.3 Å². The number of hydrogen-bond acceptors (Lipinski definition) is 3. The fourth-order valence-corrected chi connectivity index (χ4v) is 2.92. The van der Waals surface area contributed by atoms with Crippen LogP contribution >= 0.6 is 0 Å². The molecule has 4 heteroatoms. The minimum absolute atomic E-state index is 0.0967. The van der Waals surface area contributed by atoms with Crippen LogP contribution in [0.2, 0.25) is 0 Å². The number of allylic oxidation sites excluding steroid dienone is 2. The summed E-state index contributed by atoms with van der Waals surface area (Å²) >= 11 is 0. The number of amides is 2. The van der Waals surface area contributed by atoms with E-state index >= 15 is 0 Å². The number of imide groups is 1. The van der Waals surface area contributed by atoms with Gasteiger partial charge in [-0.1, -0.05) is 17.7 Å². The lowest BCUT2D eigenvalue weighted by Crippen LogP contribution is -2.31. The normalized spacial score (nSPS) is 26.4. The lowest BCUT2D eigenvalue weighted by molar-refractivity contribution is -0.122. The molecule has 2 atom stereocenters. The zero-order valence-corrected chi connectivity index (χ0v) is 11.1. The van der Waals surface area contributed by atoms with Crippen molar-refractivity contribution >= 4 is 17.6 Å². The Morgan fingerprint density at radius 3 is 2.63 bits per heavy atom. The van der Waals surface area contributed by atoms with E-state index in [1.165, 1.54) is 10.5 Å². The second kappa shape index (κ2) is 4.30. The van der Waals surface area contributed by atoms with Crippen LogP contribution in [0.15, 0.2) is 29.8 Å². The van der Waals surface area contributed by atoms with Gasteiger partial charge in [-0.3, -0.25) is 9.59 Å². The van der Waals surface area contributed by atoms with Gasteiger partial charge in [0.25, 0.3) is 0 Å². The van der Waals surface area contributed by atoms with Crippen molar-refractivity contribution in [2.24, 2.45) is 11.8 Å². The van der Waals surface area contributed by atoms with Crippen molar-refractivity contribution in [1.82, 2.24) is 4.98 Å². The first-order valence-electron chi connectivity index (χ1n) is 6.55. The minimum Gasteiger partial charge on any atom is -0.274 e. The van der Waals surface area contributed by atoms with Crippen molar-refractivity contribution in [3.05, 3.63) is 35.5 Å². The quantitative estimate of drug-likeness (QED) is 0.572. The van der Waals surface area contributed by atoms with Crippen LogP contribution in [-0.2, 0) is 9.59 Å². The van der Waals surface area contributed by atoms with E-state index in [0.29, 0.717) is 18.7 Å². The van der Waals surface area contributed by atoms with Crippen LogP contribution in [0.25, 0.3) is 0 Å². The molecule has 2 aliphatic rings. The lowest BCUT2D eigenvalue weighted by atomic mass is 9.82. The third-order valence-electron chi connectivity index (χ3n) is 3.93. The molecule has 3 rings (SSSR count). The van der Waals surface area contributed by atoms with Crippen LogP contribution in [0.5, 0.6) is 0 Å². The predicted octanol–water partition coefficient (Wildman–Crippen LogP) is 2.24. The summed E-state index contributed by atoms with van der Waals surface area (Å²) in [6.45, 7) is 3.87. The summed E-state index contributed by atoms with van der Waals surface area (Å²) in [7, 11) is 0. The van der Waals surface area contributed by atoms with E-state index in [1.807, 2.05) is 26.0 Å². The molecule has 2 amide bonds. The molecule has 1 saturated heterocycles. The van der Waals surface area contributed by atoms with E-state index in [9.17, 15) is 9.59 Å². The van der Waals surface area contributed by atoms with E-state index in [-0.39, 0.29) is 23.7 Å². The van der Waals surface area contributed by atoms with Gasteiger partial charge in [-0.05, 0) is 38.8 Å². The van der Waals surface area contributed by atoms with Crippen LogP contribution in [-0.4, -0.2) is 16.8 Å². The number of aromatic nitrogens is 1. The molecule has 1 aromatic rings. The second-order valence-corrected chi connectivity index (χ2v) is 5.35. The summed E-state index contributed by atoms with van der Waals surface area (Å²) in [4.78, 5) is 30.4. The Labute approximate surface area is 112 Å². The molecule has 19 heavy (non-hydrogen) atoms. The highest BCUT2D eigenvalue weighted by atomic mass is 16.2. The molecule has 1 aromatic heterocycles. The number of nitrogens with zero attached hydrogens (tertiary/aromatic N) is 2. The van der Waals surface area contributed by atoms with Gasteiger partial charge in [0.2, 0.25) is 11.8 Å². The third-order valence-corrected chi connectivity index (χ3v) is 3.93. The SMILES string of the molecule is CC1=CC[C@@H]2C(=O)N(c3cccc(C)n3)C(=O)[C@H]2C1. The maximum absolute atomic E-state index is 12.4. The van der Waals surface area contributed by atoms with Gasteiger partial charge in [-0.25, -0.2) is 9.88 Å². The number of hydrogen-bond donors (Lipinski definition) is 0. The molecule has 0 N–H and O–H groups in total. The number of rotatable bonds is 1. The van der Waals surface area contributed by atoms with E-state index < -0.39 is 0 Å². The van der Waals surface area contributed by atoms with Crippen LogP contribution in [0.4, 0.5) is 5.82 Å². The average molecular weight is 256 g/mol. The zero-order valence-electron chi connectivity index (χ0n) is 11.1. The van der Waals surface area contributed by atoms with Gasteiger partial charge in [-0.15, -0.1) is 0 Å². The van der Waals surface area contributed by atoms with Crippen molar-refractivity contribution in [3.63, 3.8) is 0 Å². The summed E-state index contributed by atoms with van der Waals surface area (Å²) in [5, 5.41) is 0. The molecule has 1 aliphatic heterocycles. The Morgan fingerprint density at radius 1 is 1.16 bits per heavy atom. The molecule has 0 spiro atoms. The van der Waals surface area contributed by atoms with Crippen LogP contribution in [0, 0.1) is 18.8 Å². The number of aryl methyl sites for hydroxylation is 1. The van der Waals surface area contributed by atoms with Crippen molar-refractivity contribution in [2.75, 3.05) is 4.90 Å². The monoisotopic (exact) mass is 256 g/mol. The van der Waals surface area contributed by atoms with Gasteiger partial charge in [0, 0.05) is 5.69 Å². The van der Waals surface area contributed by atoms with Crippen LogP contribution < -0.4 is 4.90 Å². The smallest absolute Gasteiger partial charge is 0.239 e. The second-order valence-electron chi connectivity index (χ2n) is 5.35. The molecule has 1 fully saturated rings. The van der Waals surface area contributed by atoms with Gasteiger partial charge in [0.05, 0.1) is 11.8 Å². The molecule has 4 nitrogen and oxygen atoms in total. The molecule has 98 valence electrons. The molecule has 0 bridgehead atoms. The summed E-state index contributed by atoms with van der Waals surface area (Å²) in [5.41, 5.74) is 2.00. The predicted molar refractivity (Wildman–Crippen MR) is 71.4 cm³/mol. The van der Waals surface area contributed by atoms with Gasteiger partial charge in [0.1, 0.15) is 5.82 Å². The molecule has 2 heterocycles. The standard InChI is InChI=1S/C15H16N2O2/c1-9-6-7-11-12(8-9)15(19)17(14(11)18)13-5-3-4-10(2)16-13/h3-6,11-12H,7-8H2,1-2H3/t11-,12-/m0/s1. The molecular weight excluding hydrogens is 240 g/mol. The molecule has 0 saturated carbocycles. The first-order chi connectivity index (χ1) is 9.08. The van der Waals surface area contributed by atoms with Gasteiger partial charge in [0.15, 0.2) is 0 Å². The average Bonchev–Trinajstić information content (AvgIpc) is 2.61. The van der Waals surface area contributed by atoms with E-state index in [1.54, 1.807) is 6.07 Å². The number of pyridine rings is 1. The number of carbonyl (C=O) groups excluding carboxylic acids is 2.